The Labute approximate surface area is 259 Å². The molecule has 0 aromatic rings. The Morgan fingerprint density at radius 3 is 1.81 bits per heavy atom. The molecule has 14 nitrogen and oxygen atoms in total. The fourth-order valence-electron chi connectivity index (χ4n) is 4.07. The fourth-order valence-corrected chi connectivity index (χ4v) is 4.54. The monoisotopic (exact) mass is 630 g/mol. The molecule has 248 valence electrons. The molecule has 0 rings (SSSR count). The highest BCUT2D eigenvalue weighted by molar-refractivity contribution is 7.98. The maximum atomic E-state index is 13.5. The van der Waals surface area contributed by atoms with Crippen molar-refractivity contribution in [2.45, 2.75) is 104 Å². The number of carboxylic acids is 1. The molecule has 0 saturated carbocycles. The summed E-state index contributed by atoms with van der Waals surface area (Å²) in [6.45, 7) is 11.2. The second-order valence-electron chi connectivity index (χ2n) is 11.2. The quantitative estimate of drug-likeness (QED) is 0.0470. The molecular weight excluding hydrogens is 576 g/mol. The summed E-state index contributed by atoms with van der Waals surface area (Å²) in [6.07, 6.45) is 3.73. The van der Waals surface area contributed by atoms with Crippen LogP contribution in [0.5, 0.6) is 0 Å². The SMILES string of the molecule is CC[C@H](C)[C@H](N)C(=O)N[C@H](C(=O)N[C@H](C(=O)N[C@@H](CCCNC(=N)N)C(=O)N[C@@H](CCSC)C(=O)O)C(C)C)[C@@H](C)CC. The first-order valence-electron chi connectivity index (χ1n) is 14.9. The van der Waals surface area contributed by atoms with Gasteiger partial charge >= 0.3 is 5.97 Å². The molecule has 11 N–H and O–H groups in total. The molecule has 7 atom stereocenters. The van der Waals surface area contributed by atoms with Crippen LogP contribution in [-0.4, -0.2) is 89.4 Å². The maximum Gasteiger partial charge on any atom is 0.326 e. The highest BCUT2D eigenvalue weighted by Crippen LogP contribution is 2.13. The van der Waals surface area contributed by atoms with Gasteiger partial charge in [0.2, 0.25) is 23.6 Å². The zero-order valence-electron chi connectivity index (χ0n) is 26.6. The predicted octanol–water partition coefficient (Wildman–Crippen LogP) is 0.102. The van der Waals surface area contributed by atoms with Crippen molar-refractivity contribution in [3.63, 3.8) is 0 Å². The van der Waals surface area contributed by atoms with Crippen molar-refractivity contribution in [2.75, 3.05) is 18.6 Å². The molecule has 0 bridgehead atoms. The minimum Gasteiger partial charge on any atom is -0.480 e. The van der Waals surface area contributed by atoms with Crippen LogP contribution in [0.25, 0.3) is 0 Å². The smallest absolute Gasteiger partial charge is 0.326 e. The van der Waals surface area contributed by atoms with Crippen molar-refractivity contribution in [2.24, 2.45) is 29.2 Å². The van der Waals surface area contributed by atoms with Crippen LogP contribution in [0.2, 0.25) is 0 Å². The van der Waals surface area contributed by atoms with Gasteiger partial charge in [0.25, 0.3) is 0 Å². The van der Waals surface area contributed by atoms with Gasteiger partial charge in [-0.3, -0.25) is 24.6 Å². The Bertz CT molecular complexity index is 937. The van der Waals surface area contributed by atoms with E-state index in [9.17, 15) is 29.1 Å². The third-order valence-electron chi connectivity index (χ3n) is 7.44. The predicted molar refractivity (Wildman–Crippen MR) is 169 cm³/mol. The third-order valence-corrected chi connectivity index (χ3v) is 8.09. The molecule has 0 unspecified atom stereocenters. The van der Waals surface area contributed by atoms with Gasteiger partial charge in [0.1, 0.15) is 24.2 Å². The van der Waals surface area contributed by atoms with Gasteiger partial charge in [0.15, 0.2) is 5.96 Å². The summed E-state index contributed by atoms with van der Waals surface area (Å²) >= 11 is 1.44. The lowest BCUT2D eigenvalue weighted by Gasteiger charge is -2.30. The van der Waals surface area contributed by atoms with Crippen molar-refractivity contribution >= 4 is 47.3 Å². The lowest BCUT2D eigenvalue weighted by molar-refractivity contribution is -0.142. The van der Waals surface area contributed by atoms with Crippen molar-refractivity contribution < 1.29 is 29.1 Å². The van der Waals surface area contributed by atoms with Crippen LogP contribution in [0.3, 0.4) is 0 Å². The average molecular weight is 631 g/mol. The van der Waals surface area contributed by atoms with E-state index in [4.69, 9.17) is 16.9 Å². The maximum absolute atomic E-state index is 13.5. The first-order chi connectivity index (χ1) is 20.1. The number of hydrogen-bond acceptors (Lipinski definition) is 8. The van der Waals surface area contributed by atoms with E-state index in [0.717, 1.165) is 0 Å². The summed E-state index contributed by atoms with van der Waals surface area (Å²) < 4.78 is 0. The standard InChI is InChI=1S/C28H54N8O6S/c1-8-16(5)20(29)24(38)36-22(17(6)9-2)26(40)35-21(15(3)4)25(39)33-18(11-10-13-32-28(30)31)23(37)34-19(27(41)42)12-14-43-7/h15-22H,8-14,29H2,1-7H3,(H,33,39)(H,34,37)(H,35,40)(H,36,38)(H,41,42)(H4,30,31,32)/t16-,17-,18-,19-,20-,21-,22-/m0/s1. The van der Waals surface area contributed by atoms with E-state index in [2.05, 4.69) is 26.6 Å². The van der Waals surface area contributed by atoms with Crippen molar-refractivity contribution in [3.05, 3.63) is 0 Å². The van der Waals surface area contributed by atoms with E-state index in [1.165, 1.54) is 11.8 Å². The molecule has 0 aliphatic carbocycles. The van der Waals surface area contributed by atoms with Crippen LogP contribution in [0.15, 0.2) is 0 Å². The normalized spacial score (nSPS) is 16.0. The number of thioether (sulfide) groups is 1. The zero-order valence-corrected chi connectivity index (χ0v) is 27.4. The van der Waals surface area contributed by atoms with Gasteiger partial charge in [-0.15, -0.1) is 0 Å². The number of amides is 4. The second kappa shape index (κ2) is 20.8. The number of nitrogens with one attached hydrogen (secondary N) is 6. The summed E-state index contributed by atoms with van der Waals surface area (Å²) in [6, 6.07) is -5.05. The molecule has 15 heteroatoms. The third kappa shape index (κ3) is 14.8. The molecule has 0 heterocycles. The number of carbonyl (C=O) groups is 5. The first kappa shape index (κ1) is 39.9. The summed E-state index contributed by atoms with van der Waals surface area (Å²) in [5, 5.41) is 30.2. The molecule has 4 amide bonds. The topological polar surface area (TPSA) is 242 Å². The molecule has 0 aliphatic rings. The molecule has 43 heavy (non-hydrogen) atoms. The average Bonchev–Trinajstić information content (AvgIpc) is 2.95. The van der Waals surface area contributed by atoms with Crippen LogP contribution in [0.4, 0.5) is 0 Å². The Hall–Kier alpha value is -3.07. The van der Waals surface area contributed by atoms with Crippen LogP contribution in [0, 0.1) is 23.2 Å². The highest BCUT2D eigenvalue weighted by Gasteiger charge is 2.34. The van der Waals surface area contributed by atoms with E-state index in [1.54, 1.807) is 13.8 Å². The first-order valence-corrected chi connectivity index (χ1v) is 16.3. The van der Waals surface area contributed by atoms with E-state index in [0.29, 0.717) is 25.0 Å². The molecule has 0 aliphatic heterocycles. The Morgan fingerprint density at radius 1 is 0.791 bits per heavy atom. The number of guanidine groups is 1. The molecule has 0 radical (unpaired) electrons. The number of carbonyl (C=O) groups excluding carboxylic acids is 4. The highest BCUT2D eigenvalue weighted by atomic mass is 32.2. The number of hydrogen-bond donors (Lipinski definition) is 9. The second-order valence-corrected chi connectivity index (χ2v) is 12.2. The number of nitrogens with two attached hydrogens (primary N) is 2. The van der Waals surface area contributed by atoms with Crippen LogP contribution >= 0.6 is 11.8 Å². The number of rotatable bonds is 21. The van der Waals surface area contributed by atoms with Gasteiger partial charge in [0.05, 0.1) is 6.04 Å². The van der Waals surface area contributed by atoms with Crippen molar-refractivity contribution in [1.29, 1.82) is 5.41 Å². The van der Waals surface area contributed by atoms with E-state index >= 15 is 0 Å². The minimum atomic E-state index is -1.19. The summed E-state index contributed by atoms with van der Waals surface area (Å²) in [7, 11) is 0. The van der Waals surface area contributed by atoms with Crippen LogP contribution in [-0.2, 0) is 24.0 Å². The van der Waals surface area contributed by atoms with Crippen molar-refractivity contribution in [3.8, 4) is 0 Å². The molecular formula is C28H54N8O6S. The van der Waals surface area contributed by atoms with Gasteiger partial charge in [0, 0.05) is 6.54 Å². The zero-order chi connectivity index (χ0) is 33.3. The van der Waals surface area contributed by atoms with Gasteiger partial charge in [-0.2, -0.15) is 11.8 Å². The Balaban J connectivity index is 5.90. The van der Waals surface area contributed by atoms with E-state index < -0.39 is 65.7 Å². The molecule has 0 saturated heterocycles. The van der Waals surface area contributed by atoms with E-state index in [-0.39, 0.29) is 37.2 Å². The summed E-state index contributed by atoms with van der Waals surface area (Å²) in [5.41, 5.74) is 11.4. The lowest BCUT2D eigenvalue weighted by Crippen LogP contribution is -2.61. The van der Waals surface area contributed by atoms with Gasteiger partial charge in [-0.1, -0.05) is 54.4 Å². The molecule has 0 spiro atoms. The molecule has 0 aromatic heterocycles. The largest absolute Gasteiger partial charge is 0.480 e. The summed E-state index contributed by atoms with van der Waals surface area (Å²) in [5.74, 6) is -3.99. The minimum absolute atomic E-state index is 0.0926. The summed E-state index contributed by atoms with van der Waals surface area (Å²) in [4.78, 5) is 64.6. The van der Waals surface area contributed by atoms with E-state index in [1.807, 2.05) is 34.0 Å². The number of carboxylic acid groups (broad SMARTS) is 1. The number of aliphatic carboxylic acids is 1. The molecule has 0 aromatic carbocycles. The fraction of sp³-hybridized carbons (Fsp3) is 0.786. The van der Waals surface area contributed by atoms with Crippen LogP contribution in [0.1, 0.15) is 73.6 Å². The Kier molecular flexibility index (Phi) is 19.3. The van der Waals surface area contributed by atoms with Gasteiger partial charge < -0.3 is 43.2 Å². The molecule has 0 fully saturated rings. The van der Waals surface area contributed by atoms with Crippen LogP contribution < -0.4 is 38.1 Å². The van der Waals surface area contributed by atoms with Gasteiger partial charge in [-0.05, 0) is 49.0 Å². The van der Waals surface area contributed by atoms with Gasteiger partial charge in [-0.25, -0.2) is 4.79 Å². The lowest BCUT2D eigenvalue weighted by atomic mass is 9.94. The Morgan fingerprint density at radius 2 is 1.33 bits per heavy atom. The van der Waals surface area contributed by atoms with Crippen molar-refractivity contribution in [1.82, 2.24) is 26.6 Å².